The van der Waals surface area contributed by atoms with Crippen molar-refractivity contribution in [1.82, 2.24) is 0 Å². The smallest absolute Gasteiger partial charge is 0.0543 e. The molecule has 4 fully saturated rings. The van der Waals surface area contributed by atoms with Gasteiger partial charge in [0.2, 0.25) is 0 Å². The maximum absolute atomic E-state index is 10.1. The highest BCUT2D eigenvalue weighted by Crippen LogP contribution is 2.67. The lowest BCUT2D eigenvalue weighted by atomic mass is 9.45. The van der Waals surface area contributed by atoms with Crippen molar-refractivity contribution in [1.29, 1.82) is 0 Å². The highest BCUT2D eigenvalue weighted by molar-refractivity contribution is 5.08. The van der Waals surface area contributed by atoms with Gasteiger partial charge in [-0.1, -0.05) is 20.8 Å². The molecule has 0 saturated heterocycles. The Morgan fingerprint density at radius 1 is 0.810 bits per heavy atom. The van der Waals surface area contributed by atoms with E-state index in [9.17, 15) is 5.11 Å². The molecule has 4 rings (SSSR count). The van der Waals surface area contributed by atoms with Gasteiger partial charge in [-0.2, -0.15) is 0 Å². The van der Waals surface area contributed by atoms with Crippen LogP contribution in [0.5, 0.6) is 0 Å². The number of hydrogen-bond acceptors (Lipinski definition) is 1. The molecule has 0 bridgehead atoms. The molecule has 2 unspecified atom stereocenters. The molecule has 0 aromatic heterocycles. The Bertz CT molecular complexity index is 418. The van der Waals surface area contributed by atoms with Gasteiger partial charge in [-0.15, -0.1) is 0 Å². The third kappa shape index (κ3) is 1.92. The Kier molecular flexibility index (Phi) is 3.27. The Hall–Kier alpha value is -0.0400. The van der Waals surface area contributed by atoms with Crippen LogP contribution < -0.4 is 0 Å². The summed E-state index contributed by atoms with van der Waals surface area (Å²) in [5.41, 5.74) is 1.20. The van der Waals surface area contributed by atoms with Gasteiger partial charge in [-0.05, 0) is 98.2 Å². The lowest BCUT2D eigenvalue weighted by molar-refractivity contribution is -0.125. The Morgan fingerprint density at radius 2 is 1.52 bits per heavy atom. The first-order chi connectivity index (χ1) is 9.95. The molecule has 0 aliphatic heterocycles. The van der Waals surface area contributed by atoms with Crippen LogP contribution in [0.2, 0.25) is 0 Å². The fourth-order valence-corrected chi connectivity index (χ4v) is 7.50. The van der Waals surface area contributed by atoms with Crippen LogP contribution in [0, 0.1) is 40.4 Å². The highest BCUT2D eigenvalue weighted by atomic mass is 16.3. The predicted octanol–water partition coefficient (Wildman–Crippen LogP) is 5.03. The molecule has 1 nitrogen and oxygen atoms in total. The Balaban J connectivity index is 1.62. The van der Waals surface area contributed by atoms with Gasteiger partial charge in [0.25, 0.3) is 0 Å². The molecular weight excluding hydrogens is 256 g/mol. The molecule has 0 aromatic carbocycles. The van der Waals surface area contributed by atoms with Gasteiger partial charge < -0.3 is 5.11 Å². The monoisotopic (exact) mass is 290 g/mol. The van der Waals surface area contributed by atoms with E-state index in [1.165, 1.54) is 44.9 Å². The van der Waals surface area contributed by atoms with E-state index in [0.29, 0.717) is 10.8 Å². The molecule has 120 valence electrons. The highest BCUT2D eigenvalue weighted by Gasteiger charge is 2.59. The third-order valence-corrected chi connectivity index (χ3v) is 9.11. The molecule has 0 heterocycles. The average Bonchev–Trinajstić information content (AvgIpc) is 2.76. The Morgan fingerprint density at radius 3 is 2.33 bits per heavy atom. The first kappa shape index (κ1) is 14.5. The summed E-state index contributed by atoms with van der Waals surface area (Å²) in [6.45, 7) is 7.73. The topological polar surface area (TPSA) is 20.2 Å². The van der Waals surface area contributed by atoms with Crippen molar-refractivity contribution < 1.29 is 5.11 Å². The zero-order valence-electron chi connectivity index (χ0n) is 14.3. The SMILES string of the molecule is C[C@H]1CC[C@@H]2C3CC[C@@H]4C[C@@H](O)CC[C@]4(C)C3CC[C@@]21C. The molecule has 0 aromatic rings. The minimum atomic E-state index is -0.0000147. The first-order valence-electron chi connectivity index (χ1n) is 9.63. The van der Waals surface area contributed by atoms with Crippen LogP contribution in [0.4, 0.5) is 0 Å². The van der Waals surface area contributed by atoms with E-state index in [2.05, 4.69) is 20.8 Å². The second-order valence-electron chi connectivity index (χ2n) is 9.61. The minimum Gasteiger partial charge on any atom is -0.393 e. The number of hydrogen-bond donors (Lipinski definition) is 1. The average molecular weight is 290 g/mol. The van der Waals surface area contributed by atoms with Crippen LogP contribution in [-0.2, 0) is 0 Å². The van der Waals surface area contributed by atoms with Crippen LogP contribution >= 0.6 is 0 Å². The zero-order chi connectivity index (χ0) is 14.8. The van der Waals surface area contributed by atoms with E-state index in [1.54, 1.807) is 0 Å². The van der Waals surface area contributed by atoms with E-state index in [0.717, 1.165) is 42.4 Å². The van der Waals surface area contributed by atoms with Gasteiger partial charge in [0, 0.05) is 0 Å². The summed E-state index contributed by atoms with van der Waals surface area (Å²) in [6.07, 6.45) is 12.2. The number of aliphatic hydroxyl groups excluding tert-OH is 1. The maximum atomic E-state index is 10.1. The molecule has 0 radical (unpaired) electrons. The van der Waals surface area contributed by atoms with E-state index in [1.807, 2.05) is 0 Å². The van der Waals surface area contributed by atoms with Gasteiger partial charge in [0.15, 0.2) is 0 Å². The fraction of sp³-hybridized carbons (Fsp3) is 1.00. The van der Waals surface area contributed by atoms with Gasteiger partial charge >= 0.3 is 0 Å². The van der Waals surface area contributed by atoms with Crippen molar-refractivity contribution >= 4 is 0 Å². The summed E-state index contributed by atoms with van der Waals surface area (Å²) in [4.78, 5) is 0. The molecule has 1 heteroatoms. The van der Waals surface area contributed by atoms with Crippen LogP contribution in [-0.4, -0.2) is 11.2 Å². The Labute approximate surface area is 130 Å². The summed E-state index contributed by atoms with van der Waals surface area (Å²) in [5, 5.41) is 10.1. The summed E-state index contributed by atoms with van der Waals surface area (Å²) in [5.74, 6) is 4.74. The van der Waals surface area contributed by atoms with Crippen molar-refractivity contribution in [3.63, 3.8) is 0 Å². The predicted molar refractivity (Wildman–Crippen MR) is 86.9 cm³/mol. The van der Waals surface area contributed by atoms with Gasteiger partial charge in [-0.25, -0.2) is 0 Å². The lowest BCUT2D eigenvalue weighted by Crippen LogP contribution is -2.53. The zero-order valence-corrected chi connectivity index (χ0v) is 14.3. The quantitative estimate of drug-likeness (QED) is 0.663. The molecular formula is C20H34O. The van der Waals surface area contributed by atoms with Crippen molar-refractivity contribution in [2.45, 2.75) is 84.7 Å². The van der Waals surface area contributed by atoms with E-state index in [4.69, 9.17) is 0 Å². The molecule has 4 saturated carbocycles. The van der Waals surface area contributed by atoms with Crippen molar-refractivity contribution in [3.8, 4) is 0 Å². The molecule has 8 atom stereocenters. The van der Waals surface area contributed by atoms with Gasteiger partial charge in [-0.3, -0.25) is 0 Å². The second-order valence-corrected chi connectivity index (χ2v) is 9.61. The van der Waals surface area contributed by atoms with Crippen molar-refractivity contribution in [3.05, 3.63) is 0 Å². The summed E-state index contributed by atoms with van der Waals surface area (Å²) >= 11 is 0. The molecule has 4 aliphatic carbocycles. The van der Waals surface area contributed by atoms with E-state index in [-0.39, 0.29) is 6.10 Å². The van der Waals surface area contributed by atoms with E-state index >= 15 is 0 Å². The third-order valence-electron chi connectivity index (χ3n) is 9.11. The molecule has 0 spiro atoms. The summed E-state index contributed by atoms with van der Waals surface area (Å²) in [6, 6.07) is 0. The fourth-order valence-electron chi connectivity index (χ4n) is 7.50. The van der Waals surface area contributed by atoms with Gasteiger partial charge in [0.1, 0.15) is 0 Å². The molecule has 21 heavy (non-hydrogen) atoms. The second kappa shape index (κ2) is 4.73. The first-order valence-corrected chi connectivity index (χ1v) is 9.63. The maximum Gasteiger partial charge on any atom is 0.0543 e. The number of aliphatic hydroxyl groups is 1. The standard InChI is InChI=1S/C20H34O/c1-13-4-7-17-16-6-5-14-12-15(21)8-10-20(14,3)18(16)9-11-19(13,17)2/h13-18,21H,4-12H2,1-3H3/t13-,14+,15-,16?,17+,18?,19+,20-/m0/s1. The summed E-state index contributed by atoms with van der Waals surface area (Å²) in [7, 11) is 0. The van der Waals surface area contributed by atoms with Crippen LogP contribution in [0.25, 0.3) is 0 Å². The number of fused-ring (bicyclic) bond motifs is 5. The molecule has 4 aliphatic rings. The van der Waals surface area contributed by atoms with Crippen molar-refractivity contribution in [2.24, 2.45) is 40.4 Å². The van der Waals surface area contributed by atoms with Crippen LogP contribution in [0.1, 0.15) is 78.6 Å². The van der Waals surface area contributed by atoms with E-state index < -0.39 is 0 Å². The van der Waals surface area contributed by atoms with Crippen molar-refractivity contribution in [2.75, 3.05) is 0 Å². The minimum absolute atomic E-state index is 0.0000147. The molecule has 1 N–H and O–H groups in total. The normalized spacial score (nSPS) is 60.0. The van der Waals surface area contributed by atoms with Crippen LogP contribution in [0.15, 0.2) is 0 Å². The lowest BCUT2D eigenvalue weighted by Gasteiger charge is -2.60. The van der Waals surface area contributed by atoms with Crippen LogP contribution in [0.3, 0.4) is 0 Å². The summed E-state index contributed by atoms with van der Waals surface area (Å²) < 4.78 is 0. The largest absolute Gasteiger partial charge is 0.393 e. The molecule has 0 amide bonds. The van der Waals surface area contributed by atoms with Gasteiger partial charge in [0.05, 0.1) is 6.10 Å². The number of rotatable bonds is 0.